The summed E-state index contributed by atoms with van der Waals surface area (Å²) in [7, 11) is 0. The van der Waals surface area contributed by atoms with E-state index < -0.39 is 35.4 Å². The molecule has 34 heavy (non-hydrogen) atoms. The summed E-state index contributed by atoms with van der Waals surface area (Å²) in [5.41, 5.74) is 1.95. The zero-order chi connectivity index (χ0) is 25.1. The number of carboxylic acids is 1. The van der Waals surface area contributed by atoms with Crippen molar-refractivity contribution in [2.24, 2.45) is 17.3 Å². The zero-order valence-corrected chi connectivity index (χ0v) is 20.9. The van der Waals surface area contributed by atoms with Crippen LogP contribution in [0.2, 0.25) is 5.02 Å². The minimum Gasteiger partial charge on any atom is -0.481 e. The monoisotopic (exact) mass is 494 g/mol. The van der Waals surface area contributed by atoms with Crippen molar-refractivity contribution in [3.05, 3.63) is 46.1 Å². The molecule has 3 aliphatic rings. The molecular weight excluding hydrogens is 462 g/mol. The highest BCUT2D eigenvalue weighted by molar-refractivity contribution is 6.31. The molecule has 1 heterocycles. The number of amides is 2. The molecular formula is C26H33ClF2N2O3. The average Bonchev–Trinajstić information content (AvgIpc) is 2.64. The van der Waals surface area contributed by atoms with E-state index in [4.69, 9.17) is 11.6 Å². The van der Waals surface area contributed by atoms with Crippen molar-refractivity contribution in [1.82, 2.24) is 10.2 Å². The third-order valence-electron chi connectivity index (χ3n) is 7.61. The Kier molecular flexibility index (Phi) is 6.24. The van der Waals surface area contributed by atoms with Gasteiger partial charge in [-0.1, -0.05) is 44.5 Å². The highest BCUT2D eigenvalue weighted by Gasteiger charge is 2.53. The van der Waals surface area contributed by atoms with Gasteiger partial charge in [0, 0.05) is 30.1 Å². The largest absolute Gasteiger partial charge is 0.481 e. The molecule has 1 unspecified atom stereocenters. The third kappa shape index (κ3) is 4.81. The number of carbonyl (C=O) groups excluding carboxylic acids is 1. The molecule has 2 saturated carbocycles. The van der Waals surface area contributed by atoms with Gasteiger partial charge in [0.1, 0.15) is 0 Å². The summed E-state index contributed by atoms with van der Waals surface area (Å²) in [4.78, 5) is 25.8. The molecule has 2 N–H and O–H groups in total. The van der Waals surface area contributed by atoms with E-state index in [-0.39, 0.29) is 24.2 Å². The molecule has 1 atom stereocenters. The van der Waals surface area contributed by atoms with Crippen LogP contribution in [0, 0.1) is 17.3 Å². The predicted molar refractivity (Wildman–Crippen MR) is 127 cm³/mol. The highest BCUT2D eigenvalue weighted by Crippen LogP contribution is 2.49. The summed E-state index contributed by atoms with van der Waals surface area (Å²) in [6.07, 6.45) is 3.70. The van der Waals surface area contributed by atoms with Crippen LogP contribution >= 0.6 is 11.6 Å². The maximum atomic E-state index is 13.5. The highest BCUT2D eigenvalue weighted by atomic mass is 35.5. The number of aryl methyl sites for hydroxylation is 1. The van der Waals surface area contributed by atoms with Crippen molar-refractivity contribution in [1.29, 1.82) is 0 Å². The molecule has 0 saturated heterocycles. The number of aliphatic carboxylic acids is 1. The van der Waals surface area contributed by atoms with Crippen LogP contribution in [-0.4, -0.2) is 34.0 Å². The van der Waals surface area contributed by atoms with Crippen molar-refractivity contribution in [3.8, 4) is 0 Å². The van der Waals surface area contributed by atoms with Crippen LogP contribution in [0.25, 0.3) is 0 Å². The molecule has 0 aromatic heterocycles. The number of benzene rings is 1. The number of hydrogen-bond donors (Lipinski definition) is 2. The Bertz CT molecular complexity index is 1020. The van der Waals surface area contributed by atoms with Crippen LogP contribution in [0.15, 0.2) is 30.0 Å². The number of nitrogens with one attached hydrogen (secondary N) is 1. The fourth-order valence-electron chi connectivity index (χ4n) is 5.18. The van der Waals surface area contributed by atoms with Gasteiger partial charge in [-0.2, -0.15) is 0 Å². The smallest absolute Gasteiger partial charge is 0.322 e. The number of alkyl halides is 2. The molecule has 1 aromatic carbocycles. The van der Waals surface area contributed by atoms with Gasteiger partial charge in [-0.3, -0.25) is 9.69 Å². The van der Waals surface area contributed by atoms with Gasteiger partial charge in [0.05, 0.1) is 11.5 Å². The van der Waals surface area contributed by atoms with Gasteiger partial charge in [0.2, 0.25) is 0 Å². The Balaban J connectivity index is 1.65. The van der Waals surface area contributed by atoms with E-state index in [2.05, 4.69) is 26.1 Å². The van der Waals surface area contributed by atoms with Crippen molar-refractivity contribution in [3.63, 3.8) is 0 Å². The van der Waals surface area contributed by atoms with Crippen molar-refractivity contribution in [2.45, 2.75) is 83.7 Å². The minimum atomic E-state index is -2.75. The lowest BCUT2D eigenvalue weighted by Crippen LogP contribution is -2.61. The Morgan fingerprint density at radius 3 is 2.44 bits per heavy atom. The Hall–Kier alpha value is -2.15. The van der Waals surface area contributed by atoms with Crippen molar-refractivity contribution < 1.29 is 23.5 Å². The fraction of sp³-hybridized carbons (Fsp3) is 0.615. The molecule has 1 aliphatic heterocycles. The quantitative estimate of drug-likeness (QED) is 0.484. The molecule has 0 bridgehead atoms. The Morgan fingerprint density at radius 2 is 1.91 bits per heavy atom. The first-order chi connectivity index (χ1) is 15.7. The SMILES string of the molecule is CC(C)(C)CCc1ccc(C2(C)NC(=O)N(C3CC(F)(F)C3)C=C2C2CC(C(=O)O)C2)cc1Cl. The van der Waals surface area contributed by atoms with E-state index in [1.807, 2.05) is 25.1 Å². The molecule has 8 heteroatoms. The summed E-state index contributed by atoms with van der Waals surface area (Å²) < 4.78 is 27.0. The number of halogens is 3. The van der Waals surface area contributed by atoms with E-state index in [9.17, 15) is 23.5 Å². The summed E-state index contributed by atoms with van der Waals surface area (Å²) in [5.74, 6) is -4.08. The van der Waals surface area contributed by atoms with Gasteiger partial charge in [-0.25, -0.2) is 13.6 Å². The van der Waals surface area contributed by atoms with Crippen LogP contribution in [0.3, 0.4) is 0 Å². The standard InChI is InChI=1S/C26H33ClF2N2O3/c1-24(2,3)8-7-15-5-6-18(11-21(15)27)25(4)20(16-9-17(10-16)22(32)33)14-31(23(34)30-25)19-12-26(28,29)13-19/h5-6,11,14,16-17,19H,7-10,12-13H2,1-4H3,(H,30,34)(H,32,33). The summed E-state index contributed by atoms with van der Waals surface area (Å²) in [5, 5.41) is 13.0. The van der Waals surface area contributed by atoms with Gasteiger partial charge in [0.15, 0.2) is 0 Å². The fourth-order valence-corrected chi connectivity index (χ4v) is 5.46. The van der Waals surface area contributed by atoms with Crippen LogP contribution < -0.4 is 5.32 Å². The van der Waals surface area contributed by atoms with E-state index >= 15 is 0 Å². The van der Waals surface area contributed by atoms with Crippen molar-refractivity contribution in [2.75, 3.05) is 0 Å². The van der Waals surface area contributed by atoms with Gasteiger partial charge in [-0.05, 0) is 66.7 Å². The van der Waals surface area contributed by atoms with E-state index in [1.54, 1.807) is 6.20 Å². The zero-order valence-electron chi connectivity index (χ0n) is 20.1. The number of urea groups is 1. The first-order valence-electron chi connectivity index (χ1n) is 11.9. The molecule has 0 radical (unpaired) electrons. The molecule has 2 fully saturated rings. The molecule has 0 spiro atoms. The number of hydrogen-bond acceptors (Lipinski definition) is 2. The van der Waals surface area contributed by atoms with Gasteiger partial charge >= 0.3 is 12.0 Å². The first kappa shape index (κ1) is 25.0. The second kappa shape index (κ2) is 8.51. The number of carbonyl (C=O) groups is 2. The lowest BCUT2D eigenvalue weighted by molar-refractivity contribution is -0.146. The van der Waals surface area contributed by atoms with Crippen LogP contribution in [0.4, 0.5) is 13.6 Å². The molecule has 5 nitrogen and oxygen atoms in total. The summed E-state index contributed by atoms with van der Waals surface area (Å²) in [6.45, 7) is 8.42. The lowest BCUT2D eigenvalue weighted by Gasteiger charge is -2.50. The molecule has 1 aromatic rings. The summed E-state index contributed by atoms with van der Waals surface area (Å²) >= 11 is 6.65. The lowest BCUT2D eigenvalue weighted by atomic mass is 9.64. The number of rotatable bonds is 6. The minimum absolute atomic E-state index is 0.0610. The third-order valence-corrected chi connectivity index (χ3v) is 7.96. The maximum absolute atomic E-state index is 13.5. The van der Waals surface area contributed by atoms with E-state index in [0.717, 1.165) is 29.5 Å². The van der Waals surface area contributed by atoms with E-state index in [0.29, 0.717) is 17.9 Å². The number of carboxylic acid groups (broad SMARTS) is 1. The first-order valence-corrected chi connectivity index (χ1v) is 12.3. The second-order valence-electron chi connectivity index (χ2n) is 11.5. The molecule has 4 rings (SSSR count). The molecule has 2 aliphatic carbocycles. The Morgan fingerprint density at radius 1 is 1.26 bits per heavy atom. The van der Waals surface area contributed by atoms with Crippen LogP contribution in [0.5, 0.6) is 0 Å². The van der Waals surface area contributed by atoms with Gasteiger partial charge < -0.3 is 10.4 Å². The summed E-state index contributed by atoms with van der Waals surface area (Å²) in [6, 6.07) is 4.83. The second-order valence-corrected chi connectivity index (χ2v) is 11.9. The normalized spacial score (nSPS) is 29.1. The van der Waals surface area contributed by atoms with Gasteiger partial charge in [0.25, 0.3) is 5.92 Å². The Labute approximate surface area is 204 Å². The van der Waals surface area contributed by atoms with Gasteiger partial charge in [-0.15, -0.1) is 0 Å². The predicted octanol–water partition coefficient (Wildman–Crippen LogP) is 6.35. The van der Waals surface area contributed by atoms with Crippen molar-refractivity contribution >= 4 is 23.6 Å². The topological polar surface area (TPSA) is 69.6 Å². The number of nitrogens with zero attached hydrogens (tertiary/aromatic N) is 1. The van der Waals surface area contributed by atoms with Crippen LogP contribution in [-0.2, 0) is 16.8 Å². The molecule has 2 amide bonds. The van der Waals surface area contributed by atoms with E-state index in [1.165, 1.54) is 4.90 Å². The maximum Gasteiger partial charge on any atom is 0.322 e. The van der Waals surface area contributed by atoms with Crippen LogP contribution in [0.1, 0.15) is 70.9 Å². The molecule has 186 valence electrons. The average molecular weight is 495 g/mol.